The van der Waals surface area contributed by atoms with Crippen LogP contribution in [0.2, 0.25) is 0 Å². The van der Waals surface area contributed by atoms with Crippen molar-refractivity contribution in [3.05, 3.63) is 101 Å². The minimum Gasteiger partial charge on any atom is -0.457 e. The largest absolute Gasteiger partial charge is 0.457 e. The molecular weight excluding hydrogens is 409 g/mol. The van der Waals surface area contributed by atoms with Crippen LogP contribution < -0.4 is 10.1 Å². The number of anilines is 1. The van der Waals surface area contributed by atoms with Gasteiger partial charge in [0.25, 0.3) is 0 Å². The lowest BCUT2D eigenvalue weighted by atomic mass is 10.2. The summed E-state index contributed by atoms with van der Waals surface area (Å²) in [7, 11) is 0. The molecule has 0 unspecified atom stereocenters. The monoisotopic (exact) mass is 426 g/mol. The molecule has 3 rings (SSSR count). The molecule has 7 heteroatoms. The number of thioether (sulfide) groups is 1. The zero-order chi connectivity index (χ0) is 21.4. The number of nitriles is 1. The molecule has 0 atom stereocenters. The van der Waals surface area contributed by atoms with Gasteiger partial charge in [0.1, 0.15) is 17.6 Å². The predicted molar refractivity (Wildman–Crippen MR) is 113 cm³/mol. The van der Waals surface area contributed by atoms with Gasteiger partial charge >= 0.3 is 6.18 Å². The van der Waals surface area contributed by atoms with Gasteiger partial charge in [-0.25, -0.2) is 0 Å². The number of halogens is 3. The van der Waals surface area contributed by atoms with Crippen LogP contribution >= 0.6 is 11.8 Å². The molecule has 0 aliphatic heterocycles. The molecule has 0 bridgehead atoms. The Hall–Kier alpha value is -3.37. The van der Waals surface area contributed by atoms with E-state index in [9.17, 15) is 13.2 Å². The number of rotatable bonds is 7. The first kappa shape index (κ1) is 21.3. The standard InChI is InChI=1S/C23H17F3N2OS/c24-23(25,26)21(15-27)22(30-16-17-7-3-1-4-8-17)28-18-11-13-20(14-12-18)29-19-9-5-2-6-10-19/h1-14,28H,16H2/b22-21-. The fraction of sp³-hybridized carbons (Fsp3) is 0.0870. The van der Waals surface area contributed by atoms with Crippen LogP contribution in [-0.4, -0.2) is 6.18 Å². The third-order valence-electron chi connectivity index (χ3n) is 3.94. The van der Waals surface area contributed by atoms with Gasteiger partial charge in [-0.3, -0.25) is 0 Å². The van der Waals surface area contributed by atoms with Crippen molar-refractivity contribution in [1.82, 2.24) is 0 Å². The molecule has 0 aromatic heterocycles. The Bertz CT molecular complexity index is 1030. The van der Waals surface area contributed by atoms with Crippen molar-refractivity contribution in [3.8, 4) is 17.6 Å². The molecule has 3 aromatic carbocycles. The molecule has 0 amide bonds. The Labute approximate surface area is 176 Å². The average Bonchev–Trinajstić information content (AvgIpc) is 2.74. The minimum atomic E-state index is -4.75. The Morgan fingerprint density at radius 1 is 0.867 bits per heavy atom. The number of para-hydroxylation sites is 1. The van der Waals surface area contributed by atoms with Gasteiger partial charge in [0, 0.05) is 11.4 Å². The Balaban J connectivity index is 1.78. The summed E-state index contributed by atoms with van der Waals surface area (Å²) in [6, 6.07) is 26.0. The Morgan fingerprint density at radius 3 is 2.00 bits per heavy atom. The maximum absolute atomic E-state index is 13.4. The van der Waals surface area contributed by atoms with E-state index in [4.69, 9.17) is 10.00 Å². The van der Waals surface area contributed by atoms with Crippen LogP contribution in [0.15, 0.2) is 95.5 Å². The first-order valence-corrected chi connectivity index (χ1v) is 9.92. The number of nitrogens with zero attached hydrogens (tertiary/aromatic N) is 1. The van der Waals surface area contributed by atoms with Crippen LogP contribution in [0.3, 0.4) is 0 Å². The van der Waals surface area contributed by atoms with E-state index in [1.54, 1.807) is 36.4 Å². The quantitative estimate of drug-likeness (QED) is 0.409. The topological polar surface area (TPSA) is 45.0 Å². The molecule has 3 nitrogen and oxygen atoms in total. The highest BCUT2D eigenvalue weighted by atomic mass is 32.2. The molecule has 0 fully saturated rings. The summed E-state index contributed by atoms with van der Waals surface area (Å²) in [5.41, 5.74) is 0.0175. The summed E-state index contributed by atoms with van der Waals surface area (Å²) in [6.07, 6.45) is -4.75. The second-order valence-electron chi connectivity index (χ2n) is 6.15. The second-order valence-corrected chi connectivity index (χ2v) is 7.14. The molecule has 1 N–H and O–H groups in total. The molecule has 0 heterocycles. The summed E-state index contributed by atoms with van der Waals surface area (Å²) in [5.74, 6) is 1.49. The van der Waals surface area contributed by atoms with E-state index in [1.807, 2.05) is 48.5 Å². The molecule has 0 radical (unpaired) electrons. The van der Waals surface area contributed by atoms with Crippen molar-refractivity contribution in [2.45, 2.75) is 11.9 Å². The maximum Gasteiger partial charge on any atom is 0.428 e. The summed E-state index contributed by atoms with van der Waals surface area (Å²) in [4.78, 5) is 0. The Kier molecular flexibility index (Phi) is 7.04. The SMILES string of the molecule is N#C/C(=C(\Nc1ccc(Oc2ccccc2)cc1)SCc1ccccc1)C(F)(F)F. The molecule has 30 heavy (non-hydrogen) atoms. The third kappa shape index (κ3) is 6.06. The predicted octanol–water partition coefficient (Wildman–Crippen LogP) is 7.12. The molecular formula is C23H17F3N2OS. The second kappa shape index (κ2) is 9.90. The van der Waals surface area contributed by atoms with Gasteiger partial charge in [0.2, 0.25) is 0 Å². The third-order valence-corrected chi connectivity index (χ3v) is 5.01. The lowest BCUT2D eigenvalue weighted by Gasteiger charge is -2.15. The van der Waals surface area contributed by atoms with Crippen molar-refractivity contribution in [3.63, 3.8) is 0 Å². The van der Waals surface area contributed by atoms with Crippen LogP contribution in [0.5, 0.6) is 11.5 Å². The van der Waals surface area contributed by atoms with Crippen molar-refractivity contribution in [1.29, 1.82) is 5.26 Å². The summed E-state index contributed by atoms with van der Waals surface area (Å²) in [6.45, 7) is 0. The van der Waals surface area contributed by atoms with E-state index in [0.717, 1.165) is 17.3 Å². The number of hydrogen-bond acceptors (Lipinski definition) is 4. The van der Waals surface area contributed by atoms with E-state index < -0.39 is 11.7 Å². The highest BCUT2D eigenvalue weighted by Crippen LogP contribution is 2.35. The maximum atomic E-state index is 13.4. The highest BCUT2D eigenvalue weighted by molar-refractivity contribution is 8.02. The molecule has 0 spiro atoms. The molecule has 0 saturated heterocycles. The number of alkyl halides is 3. The fourth-order valence-electron chi connectivity index (χ4n) is 2.51. The van der Waals surface area contributed by atoms with E-state index in [2.05, 4.69) is 5.32 Å². The summed E-state index contributed by atoms with van der Waals surface area (Å²) >= 11 is 0.931. The number of allylic oxidation sites excluding steroid dienone is 1. The summed E-state index contributed by atoms with van der Waals surface area (Å²) in [5, 5.41) is 11.6. The lowest BCUT2D eigenvalue weighted by Crippen LogP contribution is -2.15. The lowest BCUT2D eigenvalue weighted by molar-refractivity contribution is -0.0876. The number of benzene rings is 3. The van der Waals surface area contributed by atoms with E-state index >= 15 is 0 Å². The van der Waals surface area contributed by atoms with E-state index in [0.29, 0.717) is 22.9 Å². The van der Waals surface area contributed by atoms with Crippen LogP contribution in [-0.2, 0) is 5.75 Å². The van der Waals surface area contributed by atoms with Gasteiger partial charge in [-0.1, -0.05) is 48.5 Å². The van der Waals surface area contributed by atoms with Gasteiger partial charge in [-0.15, -0.1) is 11.8 Å². The molecule has 152 valence electrons. The van der Waals surface area contributed by atoms with Gasteiger partial charge in [0.15, 0.2) is 5.57 Å². The van der Waals surface area contributed by atoms with E-state index in [1.165, 1.54) is 6.07 Å². The van der Waals surface area contributed by atoms with Crippen molar-refractivity contribution < 1.29 is 17.9 Å². The fourth-order valence-corrected chi connectivity index (χ4v) is 3.50. The van der Waals surface area contributed by atoms with Crippen molar-refractivity contribution >= 4 is 17.4 Å². The van der Waals surface area contributed by atoms with Gasteiger partial charge in [0.05, 0.1) is 5.03 Å². The normalized spacial score (nSPS) is 11.9. The summed E-state index contributed by atoms with van der Waals surface area (Å²) < 4.78 is 45.7. The molecule has 0 saturated carbocycles. The zero-order valence-electron chi connectivity index (χ0n) is 15.7. The van der Waals surface area contributed by atoms with Gasteiger partial charge in [-0.05, 0) is 42.0 Å². The number of ether oxygens (including phenoxy) is 1. The van der Waals surface area contributed by atoms with Gasteiger partial charge < -0.3 is 10.1 Å². The van der Waals surface area contributed by atoms with Crippen LogP contribution in [0.25, 0.3) is 0 Å². The first-order valence-electron chi connectivity index (χ1n) is 8.94. The van der Waals surface area contributed by atoms with Crippen molar-refractivity contribution in [2.24, 2.45) is 0 Å². The molecule has 3 aromatic rings. The number of hydrogen-bond donors (Lipinski definition) is 1. The van der Waals surface area contributed by atoms with Crippen molar-refractivity contribution in [2.75, 3.05) is 5.32 Å². The zero-order valence-corrected chi connectivity index (χ0v) is 16.5. The minimum absolute atomic E-state index is 0.245. The average molecular weight is 426 g/mol. The molecule has 0 aliphatic carbocycles. The Morgan fingerprint density at radius 2 is 1.43 bits per heavy atom. The van der Waals surface area contributed by atoms with E-state index in [-0.39, 0.29) is 5.03 Å². The van der Waals surface area contributed by atoms with Crippen LogP contribution in [0.4, 0.5) is 18.9 Å². The smallest absolute Gasteiger partial charge is 0.428 e. The van der Waals surface area contributed by atoms with Crippen LogP contribution in [0.1, 0.15) is 5.56 Å². The number of nitrogens with one attached hydrogen (secondary N) is 1. The van der Waals surface area contributed by atoms with Gasteiger partial charge in [-0.2, -0.15) is 18.4 Å². The highest BCUT2D eigenvalue weighted by Gasteiger charge is 2.37. The molecule has 0 aliphatic rings. The van der Waals surface area contributed by atoms with Crippen LogP contribution in [0, 0.1) is 11.3 Å². The first-order chi connectivity index (χ1) is 14.5.